The van der Waals surface area contributed by atoms with Gasteiger partial charge in [0.25, 0.3) is 22.4 Å². The first-order chi connectivity index (χ1) is 47.2. The Labute approximate surface area is 597 Å². The zero-order valence-electron chi connectivity index (χ0n) is 49.7. The van der Waals surface area contributed by atoms with Crippen LogP contribution in [0.15, 0.2) is 233 Å². The van der Waals surface area contributed by atoms with Gasteiger partial charge >= 0.3 is 0 Å². The first-order valence-electron chi connectivity index (χ1n) is 28.8. The summed E-state index contributed by atoms with van der Waals surface area (Å²) in [7, 11) is 0. The zero-order chi connectivity index (χ0) is 68.8. The molecule has 484 valence electrons. The predicted molar refractivity (Wildman–Crippen MR) is 390 cm³/mol. The Morgan fingerprint density at radius 3 is 0.827 bits per heavy atom. The summed E-state index contributed by atoms with van der Waals surface area (Å²) in [5.74, 6) is 0.970. The van der Waals surface area contributed by atoms with Crippen molar-refractivity contribution in [1.29, 1.82) is 0 Å². The smallest absolute Gasteiger partial charge is 0.269 e. The molecule has 0 aliphatic heterocycles. The summed E-state index contributed by atoms with van der Waals surface area (Å²) in [5, 5.41) is 29.1. The van der Waals surface area contributed by atoms with E-state index < -0.39 is 4.92 Å². The normalized spacial score (nSPS) is 11.2. The molecule has 0 aliphatic rings. The number of non-ortho nitro benzene ring substituents is 1. The quantitative estimate of drug-likeness (QED) is 0.0735. The number of rotatable bonds is 10. The molecule has 0 fully saturated rings. The van der Waals surface area contributed by atoms with E-state index in [1.165, 1.54) is 61.2 Å². The first-order valence-corrected chi connectivity index (χ1v) is 32.2. The van der Waals surface area contributed by atoms with Crippen molar-refractivity contribution < 1.29 is 4.92 Å². The topological polar surface area (TPSA) is 253 Å². The summed E-state index contributed by atoms with van der Waals surface area (Å²) in [5.41, 5.74) is 18.1. The molecule has 29 heteroatoms. The zero-order valence-corrected chi connectivity index (χ0v) is 56.5. The van der Waals surface area contributed by atoms with Crippen molar-refractivity contribution in [2.45, 2.75) is 0 Å². The van der Waals surface area contributed by atoms with E-state index in [2.05, 4.69) is 15.3 Å². The van der Waals surface area contributed by atoms with Crippen LogP contribution in [0.25, 0.3) is 101 Å². The van der Waals surface area contributed by atoms with Crippen LogP contribution in [0.2, 0.25) is 45.2 Å². The molecular formula is C69H40Cl9N15O5. The third-order valence-corrected chi connectivity index (χ3v) is 17.6. The number of hydrogen-bond acceptors (Lipinski definition) is 13. The van der Waals surface area contributed by atoms with Crippen LogP contribution in [0, 0.1) is 10.1 Å². The van der Waals surface area contributed by atoms with Gasteiger partial charge in [0.15, 0.2) is 34.4 Å². The van der Waals surface area contributed by atoms with Crippen molar-refractivity contribution in [1.82, 2.24) is 58.0 Å². The number of nitro groups is 1. The minimum atomic E-state index is -0.491. The molecule has 4 N–H and O–H groups in total. The molecule has 0 bridgehead atoms. The van der Waals surface area contributed by atoms with Crippen molar-refractivity contribution in [3.8, 4) is 68.3 Å². The number of nitro benzene ring substituents is 1. The molecule has 15 aromatic rings. The lowest BCUT2D eigenvalue weighted by atomic mass is 10.2. The molecule has 0 spiro atoms. The van der Waals surface area contributed by atoms with Gasteiger partial charge in [0, 0.05) is 70.3 Å². The van der Waals surface area contributed by atoms with Gasteiger partial charge in [-0.3, -0.25) is 38.2 Å². The first kappa shape index (κ1) is 66.3. The monoisotopic (exact) mass is 1470 g/mol. The lowest BCUT2D eigenvalue weighted by molar-refractivity contribution is -0.384. The van der Waals surface area contributed by atoms with Crippen molar-refractivity contribution in [2.75, 3.05) is 11.5 Å². The van der Waals surface area contributed by atoms with Gasteiger partial charge in [0.2, 0.25) is 0 Å². The highest BCUT2D eigenvalue weighted by Crippen LogP contribution is 2.36. The van der Waals surface area contributed by atoms with Crippen LogP contribution in [0.4, 0.5) is 17.1 Å². The van der Waals surface area contributed by atoms with Crippen LogP contribution in [-0.2, 0) is 0 Å². The molecule has 0 amide bonds. The highest BCUT2D eigenvalue weighted by Gasteiger charge is 2.25. The second kappa shape index (κ2) is 27.6. The van der Waals surface area contributed by atoms with Gasteiger partial charge in [-0.25, -0.2) is 29.0 Å². The average molecular weight is 1480 g/mol. The van der Waals surface area contributed by atoms with Crippen molar-refractivity contribution in [2.24, 2.45) is 0 Å². The summed E-state index contributed by atoms with van der Waals surface area (Å²) in [6, 6.07) is 55.6. The number of hydrogen-bond donors (Lipinski definition) is 2. The Morgan fingerprint density at radius 2 is 0.571 bits per heavy atom. The molecule has 20 nitrogen and oxygen atoms in total. The molecule has 6 heterocycles. The van der Waals surface area contributed by atoms with Crippen LogP contribution in [0.1, 0.15) is 0 Å². The van der Waals surface area contributed by atoms with Crippen LogP contribution < -0.4 is 28.1 Å². The molecule has 15 rings (SSSR count). The molecule has 6 aromatic heterocycles. The minimum absolute atomic E-state index is 0.0631. The molecule has 0 saturated heterocycles. The van der Waals surface area contributed by atoms with Gasteiger partial charge < -0.3 is 11.5 Å². The molecule has 98 heavy (non-hydrogen) atoms. The van der Waals surface area contributed by atoms with Crippen LogP contribution in [-0.4, -0.2) is 62.9 Å². The van der Waals surface area contributed by atoms with E-state index in [1.54, 1.807) is 161 Å². The molecule has 0 atom stereocenters. The standard InChI is InChI=1S/C23H12Cl3N5O3.2C23H14Cl3N5O/c24-13-1-4-15(5-2-13)29-21(18-10-3-14(25)11-20(18)26)28-22-19(23(29)32)12-27-30(22)16-6-8-17(9-7-16)31(33)34;2*24-13-1-6-16(7-2-13)30-21(18-10-3-14(25)11-20(18)26)29-22-19(23(30)32)12-28-31(22)17-8-4-15(27)5-9-17/h1-12H;2*1-12H,27H2. The van der Waals surface area contributed by atoms with E-state index in [0.717, 1.165) is 11.4 Å². The molecule has 9 aromatic carbocycles. The van der Waals surface area contributed by atoms with Gasteiger partial charge in [0.1, 0.15) is 16.2 Å². The highest BCUT2D eigenvalue weighted by atomic mass is 35.5. The van der Waals surface area contributed by atoms with Crippen molar-refractivity contribution in [3.63, 3.8) is 0 Å². The Morgan fingerprint density at radius 1 is 0.327 bits per heavy atom. The summed E-state index contributed by atoms with van der Waals surface area (Å²) in [6.45, 7) is 0. The van der Waals surface area contributed by atoms with E-state index in [9.17, 15) is 24.5 Å². The Bertz CT molecular complexity index is 5570. The maximum absolute atomic E-state index is 13.7. The van der Waals surface area contributed by atoms with E-state index in [4.69, 9.17) is 131 Å². The molecular weight excluding hydrogens is 1440 g/mol. The van der Waals surface area contributed by atoms with Crippen molar-refractivity contribution in [3.05, 3.63) is 305 Å². The minimum Gasteiger partial charge on any atom is -0.399 e. The lowest BCUT2D eigenvalue weighted by Crippen LogP contribution is -2.22. The Hall–Kier alpha value is -10.4. The third kappa shape index (κ3) is 13.2. The van der Waals surface area contributed by atoms with Crippen LogP contribution >= 0.6 is 104 Å². The van der Waals surface area contributed by atoms with Gasteiger partial charge in [-0.05, 0) is 188 Å². The molecule has 0 aliphatic carbocycles. The number of nitrogens with two attached hydrogens (primary N) is 2. The van der Waals surface area contributed by atoms with Gasteiger partial charge in [-0.15, -0.1) is 0 Å². The SMILES string of the molecule is Nc1ccc(-n2ncc3c(=O)n(-c4ccc(Cl)cc4)c(-c4ccc(Cl)cc4Cl)nc32)cc1.Nc1ccc(-n2ncc3c(=O)n(-c4ccc(Cl)cc4)c(-c4ccc(Cl)cc4Cl)nc32)cc1.O=c1c2cnn(-c3ccc([N+](=O)[O-])cc3)c2nc(-c2ccc(Cl)cc2Cl)n1-c1ccc(Cl)cc1. The average Bonchev–Trinajstić information content (AvgIpc) is 1.50. The number of aromatic nitrogens is 12. The largest absolute Gasteiger partial charge is 0.399 e. The van der Waals surface area contributed by atoms with Gasteiger partial charge in [0.05, 0.1) is 72.7 Å². The summed E-state index contributed by atoms with van der Waals surface area (Å²) in [6.07, 6.45) is 4.41. The van der Waals surface area contributed by atoms with E-state index in [0.29, 0.717) is 130 Å². The number of fused-ring (bicyclic) bond motifs is 3. The number of nitrogens with zero attached hydrogens (tertiary/aromatic N) is 13. The Kier molecular flexibility index (Phi) is 18.7. The molecule has 0 radical (unpaired) electrons. The van der Waals surface area contributed by atoms with Crippen LogP contribution in [0.5, 0.6) is 0 Å². The number of nitrogen functional groups attached to an aromatic ring is 2. The summed E-state index contributed by atoms with van der Waals surface area (Å²) < 4.78 is 9.03. The van der Waals surface area contributed by atoms with Crippen LogP contribution in [0.3, 0.4) is 0 Å². The third-order valence-electron chi connectivity index (χ3n) is 15.2. The summed E-state index contributed by atoms with van der Waals surface area (Å²) in [4.78, 5) is 65.8. The molecule has 0 unspecified atom stereocenters. The fraction of sp³-hybridized carbons (Fsp3) is 0. The maximum Gasteiger partial charge on any atom is 0.269 e. The van der Waals surface area contributed by atoms with E-state index in [1.807, 2.05) is 24.3 Å². The number of halogens is 9. The predicted octanol–water partition coefficient (Wildman–Crippen LogP) is 17.7. The highest BCUT2D eigenvalue weighted by molar-refractivity contribution is 6.38. The molecule has 0 saturated carbocycles. The fourth-order valence-electron chi connectivity index (χ4n) is 10.5. The lowest BCUT2D eigenvalue weighted by Gasteiger charge is -2.14. The van der Waals surface area contributed by atoms with E-state index >= 15 is 0 Å². The summed E-state index contributed by atoms with van der Waals surface area (Å²) >= 11 is 55.9. The maximum atomic E-state index is 13.7. The second-order valence-corrected chi connectivity index (χ2v) is 25.2. The van der Waals surface area contributed by atoms with Gasteiger partial charge in [-0.1, -0.05) is 104 Å². The Balaban J connectivity index is 0.000000132. The fourth-order valence-corrected chi connectivity index (χ4v) is 12.3. The van der Waals surface area contributed by atoms with Crippen molar-refractivity contribution >= 4 is 155 Å². The number of anilines is 2. The second-order valence-electron chi connectivity index (χ2n) is 21.4. The number of benzene rings is 9. The van der Waals surface area contributed by atoms with Gasteiger partial charge in [-0.2, -0.15) is 15.3 Å². The van der Waals surface area contributed by atoms with E-state index in [-0.39, 0.29) is 39.2 Å².